The number of fused-ring (bicyclic) bond motifs is 3. The minimum absolute atomic E-state index is 0.00992. The quantitative estimate of drug-likeness (QED) is 0.104. The van der Waals surface area contributed by atoms with E-state index in [1.54, 1.807) is 13.8 Å². The molecule has 2 aromatic carbocycles. The fraction of sp³-hybridized carbons (Fsp3) is 0.543. The summed E-state index contributed by atoms with van der Waals surface area (Å²) in [5, 5.41) is 20.8. The standard InChI is InChI=1S/C35H45N3O6/c1-7-14-24(8-2)33(39)43-36-22(5)26-17-18-28-29(19-26)35(9-3,10-4)30-20-27(21-31(32(28)30)38(41)42)23(6)37-44-34(40)25-15-12-11-13-16-25/h17-21,24-25H,7-16H2,1-6H3/b36-22+,37-23+. The Labute approximate surface area is 260 Å². The maximum atomic E-state index is 12.6. The molecule has 1 unspecified atom stereocenters. The van der Waals surface area contributed by atoms with Crippen LogP contribution in [0.1, 0.15) is 128 Å². The summed E-state index contributed by atoms with van der Waals surface area (Å²) in [6.07, 6.45) is 8.51. The number of carbonyl (C=O) groups is 2. The number of carbonyl (C=O) groups excluding carboxylic acids is 2. The summed E-state index contributed by atoms with van der Waals surface area (Å²) in [4.78, 5) is 47.9. The van der Waals surface area contributed by atoms with E-state index in [1.807, 2.05) is 38.1 Å². The summed E-state index contributed by atoms with van der Waals surface area (Å²) in [5.74, 6) is -1.000. The summed E-state index contributed by atoms with van der Waals surface area (Å²) in [6.45, 7) is 11.7. The minimum atomic E-state index is -0.494. The Hall–Kier alpha value is -3.88. The first-order valence-electron chi connectivity index (χ1n) is 16.1. The zero-order valence-electron chi connectivity index (χ0n) is 26.9. The maximum absolute atomic E-state index is 12.6. The van der Waals surface area contributed by atoms with Crippen LogP contribution in [0.3, 0.4) is 0 Å². The molecule has 0 saturated heterocycles. The smallest absolute Gasteiger partial charge is 0.318 e. The number of hydrogen-bond donors (Lipinski definition) is 0. The molecule has 2 aromatic rings. The highest BCUT2D eigenvalue weighted by Crippen LogP contribution is 2.56. The van der Waals surface area contributed by atoms with Gasteiger partial charge in [0, 0.05) is 17.0 Å². The Morgan fingerprint density at radius 1 is 0.932 bits per heavy atom. The van der Waals surface area contributed by atoms with Crippen LogP contribution in [-0.4, -0.2) is 28.3 Å². The summed E-state index contributed by atoms with van der Waals surface area (Å²) in [5.41, 5.74) is 5.05. The first-order valence-corrected chi connectivity index (χ1v) is 16.1. The summed E-state index contributed by atoms with van der Waals surface area (Å²) in [6, 6.07) is 9.29. The van der Waals surface area contributed by atoms with Gasteiger partial charge in [-0.05, 0) is 86.8 Å². The van der Waals surface area contributed by atoms with E-state index >= 15 is 0 Å². The second-order valence-electron chi connectivity index (χ2n) is 12.1. The van der Waals surface area contributed by atoms with Crippen molar-refractivity contribution in [1.29, 1.82) is 0 Å². The molecule has 44 heavy (non-hydrogen) atoms. The van der Waals surface area contributed by atoms with Crippen LogP contribution in [0.15, 0.2) is 40.6 Å². The number of rotatable bonds is 12. The fourth-order valence-electron chi connectivity index (χ4n) is 6.84. The molecule has 0 bridgehead atoms. The van der Waals surface area contributed by atoms with Crippen LogP contribution in [0.5, 0.6) is 0 Å². The molecule has 4 rings (SSSR count). The normalized spacial score (nSPS) is 17.0. The van der Waals surface area contributed by atoms with E-state index in [0.29, 0.717) is 41.8 Å². The molecule has 0 spiro atoms. The van der Waals surface area contributed by atoms with Gasteiger partial charge in [0.15, 0.2) is 0 Å². The van der Waals surface area contributed by atoms with Gasteiger partial charge in [-0.2, -0.15) is 0 Å². The first-order chi connectivity index (χ1) is 21.1. The van der Waals surface area contributed by atoms with Crippen molar-refractivity contribution < 1.29 is 24.2 Å². The van der Waals surface area contributed by atoms with E-state index in [9.17, 15) is 19.7 Å². The SMILES string of the molecule is CCCC(CC)C(=O)O/N=C(\C)c1ccc2c(c1)C(CC)(CC)c1cc(/C(C)=N/OC(=O)C3CCCCC3)cc([N+](=O)[O-])c1-2. The Morgan fingerprint density at radius 2 is 1.57 bits per heavy atom. The Balaban J connectivity index is 1.72. The third-order valence-corrected chi connectivity index (χ3v) is 9.62. The van der Waals surface area contributed by atoms with E-state index in [0.717, 1.165) is 67.2 Å². The van der Waals surface area contributed by atoms with Gasteiger partial charge in [0.25, 0.3) is 5.69 Å². The summed E-state index contributed by atoms with van der Waals surface area (Å²) < 4.78 is 0. The van der Waals surface area contributed by atoms with E-state index in [1.165, 1.54) is 6.07 Å². The highest BCUT2D eigenvalue weighted by atomic mass is 16.7. The van der Waals surface area contributed by atoms with Crippen LogP contribution in [0.4, 0.5) is 5.69 Å². The zero-order chi connectivity index (χ0) is 32.0. The number of nitro groups is 1. The van der Waals surface area contributed by atoms with Crippen LogP contribution in [0, 0.1) is 22.0 Å². The molecule has 0 radical (unpaired) electrons. The third kappa shape index (κ3) is 6.47. The molecule has 0 aliphatic heterocycles. The van der Waals surface area contributed by atoms with E-state index in [4.69, 9.17) is 9.68 Å². The molecule has 0 heterocycles. The van der Waals surface area contributed by atoms with Crippen molar-refractivity contribution in [2.45, 2.75) is 111 Å². The van der Waals surface area contributed by atoms with Gasteiger partial charge in [0.1, 0.15) is 0 Å². The van der Waals surface area contributed by atoms with Gasteiger partial charge in [-0.25, -0.2) is 9.59 Å². The molecule has 1 saturated carbocycles. The van der Waals surface area contributed by atoms with Crippen molar-refractivity contribution in [2.75, 3.05) is 0 Å². The van der Waals surface area contributed by atoms with Gasteiger partial charge in [-0.3, -0.25) is 10.1 Å². The fourth-order valence-corrected chi connectivity index (χ4v) is 6.84. The Morgan fingerprint density at radius 3 is 2.18 bits per heavy atom. The van der Waals surface area contributed by atoms with Crippen molar-refractivity contribution in [3.05, 3.63) is 62.7 Å². The highest BCUT2D eigenvalue weighted by molar-refractivity contribution is 6.03. The highest BCUT2D eigenvalue weighted by Gasteiger charge is 2.44. The molecule has 2 aliphatic rings. The van der Waals surface area contributed by atoms with Crippen LogP contribution in [0.25, 0.3) is 11.1 Å². The average Bonchev–Trinajstić information content (AvgIpc) is 3.33. The lowest BCUT2D eigenvalue weighted by atomic mass is 9.73. The lowest BCUT2D eigenvalue weighted by Gasteiger charge is -2.30. The monoisotopic (exact) mass is 603 g/mol. The molecule has 0 amide bonds. The third-order valence-electron chi connectivity index (χ3n) is 9.62. The number of oxime groups is 2. The molecule has 236 valence electrons. The molecule has 0 aromatic heterocycles. The van der Waals surface area contributed by atoms with Crippen molar-refractivity contribution in [3.63, 3.8) is 0 Å². The van der Waals surface area contributed by atoms with E-state index in [2.05, 4.69) is 24.2 Å². The molecule has 2 aliphatic carbocycles. The molecule has 1 atom stereocenters. The Bertz CT molecular complexity index is 1470. The summed E-state index contributed by atoms with van der Waals surface area (Å²) >= 11 is 0. The number of hydrogen-bond acceptors (Lipinski definition) is 8. The van der Waals surface area contributed by atoms with Gasteiger partial charge in [0.2, 0.25) is 0 Å². The molecular weight excluding hydrogens is 558 g/mol. The largest absolute Gasteiger partial charge is 0.338 e. The predicted octanol–water partition coefficient (Wildman–Crippen LogP) is 8.62. The number of benzene rings is 2. The van der Waals surface area contributed by atoms with Crippen molar-refractivity contribution in [2.24, 2.45) is 22.1 Å². The number of nitrogens with zero attached hydrogens (tertiary/aromatic N) is 3. The topological polar surface area (TPSA) is 120 Å². The van der Waals surface area contributed by atoms with Gasteiger partial charge in [-0.15, -0.1) is 0 Å². The molecule has 9 heteroatoms. The predicted molar refractivity (Wildman–Crippen MR) is 172 cm³/mol. The van der Waals surface area contributed by atoms with E-state index in [-0.39, 0.29) is 34.4 Å². The van der Waals surface area contributed by atoms with E-state index < -0.39 is 5.41 Å². The van der Waals surface area contributed by atoms with Gasteiger partial charge in [0.05, 0.1) is 33.7 Å². The molecular formula is C35H45N3O6. The van der Waals surface area contributed by atoms with Crippen molar-refractivity contribution in [1.82, 2.24) is 0 Å². The minimum Gasteiger partial charge on any atom is -0.318 e. The Kier molecular flexibility index (Phi) is 10.7. The first kappa shape index (κ1) is 33.0. The van der Waals surface area contributed by atoms with Gasteiger partial charge < -0.3 is 9.68 Å². The summed E-state index contributed by atoms with van der Waals surface area (Å²) in [7, 11) is 0. The second-order valence-corrected chi connectivity index (χ2v) is 12.1. The molecule has 1 fully saturated rings. The van der Waals surface area contributed by atoms with Crippen LogP contribution >= 0.6 is 0 Å². The van der Waals surface area contributed by atoms with Gasteiger partial charge >= 0.3 is 11.9 Å². The van der Waals surface area contributed by atoms with Crippen LogP contribution in [-0.2, 0) is 24.7 Å². The number of nitro benzene ring substituents is 1. The van der Waals surface area contributed by atoms with Crippen molar-refractivity contribution >= 4 is 29.0 Å². The lowest BCUT2D eigenvalue weighted by molar-refractivity contribution is -0.384. The van der Waals surface area contributed by atoms with Gasteiger partial charge in [-0.1, -0.05) is 75.8 Å². The van der Waals surface area contributed by atoms with Crippen molar-refractivity contribution in [3.8, 4) is 11.1 Å². The molecule has 0 N–H and O–H groups in total. The van der Waals surface area contributed by atoms with Crippen LogP contribution in [0.2, 0.25) is 0 Å². The second kappa shape index (κ2) is 14.3. The maximum Gasteiger partial charge on any atom is 0.338 e. The lowest BCUT2D eigenvalue weighted by Crippen LogP contribution is -2.24. The molecule has 9 nitrogen and oxygen atoms in total. The average molecular weight is 604 g/mol. The zero-order valence-corrected chi connectivity index (χ0v) is 26.9. The van der Waals surface area contributed by atoms with Crippen LogP contribution < -0.4 is 0 Å².